The molecule has 2 heterocycles. The van der Waals surface area contributed by atoms with Crippen molar-refractivity contribution in [3.8, 4) is 0 Å². The van der Waals surface area contributed by atoms with E-state index in [4.69, 9.17) is 0 Å². The van der Waals surface area contributed by atoms with Crippen molar-refractivity contribution in [1.29, 1.82) is 0 Å². The highest BCUT2D eigenvalue weighted by Crippen LogP contribution is 2.08. The number of nitrogens with zero attached hydrogens (tertiary/aromatic N) is 2. The summed E-state index contributed by atoms with van der Waals surface area (Å²) in [5.41, 5.74) is 1.47. The van der Waals surface area contributed by atoms with Gasteiger partial charge in [-0.05, 0) is 31.4 Å². The van der Waals surface area contributed by atoms with Gasteiger partial charge in [-0.15, -0.1) is 0 Å². The lowest BCUT2D eigenvalue weighted by molar-refractivity contribution is 0.638. The molecule has 19 heavy (non-hydrogen) atoms. The summed E-state index contributed by atoms with van der Waals surface area (Å²) in [4.78, 5) is 16.3. The molecule has 2 aromatic rings. The number of aromatic nitrogens is 2. The average molecular weight is 277 g/mol. The molecule has 2 rings (SSSR count). The van der Waals surface area contributed by atoms with Crippen LogP contribution in [0.5, 0.6) is 0 Å². The van der Waals surface area contributed by atoms with Crippen LogP contribution >= 0.6 is 11.8 Å². The van der Waals surface area contributed by atoms with E-state index in [1.807, 2.05) is 30.0 Å². The van der Waals surface area contributed by atoms with Gasteiger partial charge in [0.25, 0.3) is 5.56 Å². The smallest absolute Gasteiger partial charge is 0.258 e. The molecule has 102 valence electrons. The highest BCUT2D eigenvalue weighted by atomic mass is 32.2. The maximum Gasteiger partial charge on any atom is 0.258 e. The Morgan fingerprint density at radius 1 is 1.47 bits per heavy atom. The van der Waals surface area contributed by atoms with Gasteiger partial charge in [-0.3, -0.25) is 9.20 Å². The van der Waals surface area contributed by atoms with E-state index in [1.54, 1.807) is 16.7 Å². The Hall–Kier alpha value is -1.33. The van der Waals surface area contributed by atoms with Crippen LogP contribution in [0.3, 0.4) is 0 Å². The molecule has 2 aromatic heterocycles. The summed E-state index contributed by atoms with van der Waals surface area (Å²) in [5, 5.41) is 3.99. The lowest BCUT2D eigenvalue weighted by Gasteiger charge is -2.09. The second-order valence-corrected chi connectivity index (χ2v) is 5.80. The van der Waals surface area contributed by atoms with Crippen molar-refractivity contribution in [3.05, 3.63) is 46.5 Å². The standard InChI is InChI=1S/C14H19N3OS/c1-11(19-2)6-7-15-10-12-9-14(18)17-8-4-3-5-13(17)16-12/h3-5,8-9,11,15H,6-7,10H2,1-2H3. The van der Waals surface area contributed by atoms with E-state index in [1.165, 1.54) is 0 Å². The molecular formula is C14H19N3OS. The molecule has 0 amide bonds. The largest absolute Gasteiger partial charge is 0.311 e. The second-order valence-electron chi connectivity index (χ2n) is 4.53. The zero-order valence-corrected chi connectivity index (χ0v) is 12.1. The third kappa shape index (κ3) is 3.81. The first-order valence-corrected chi connectivity index (χ1v) is 7.70. The molecule has 0 aliphatic heterocycles. The minimum absolute atomic E-state index is 0.0279. The van der Waals surface area contributed by atoms with Gasteiger partial charge >= 0.3 is 0 Å². The predicted molar refractivity (Wildman–Crippen MR) is 80.8 cm³/mol. The topological polar surface area (TPSA) is 46.4 Å². The summed E-state index contributed by atoms with van der Waals surface area (Å²) < 4.78 is 1.55. The Labute approximate surface area is 117 Å². The Balaban J connectivity index is 2.00. The van der Waals surface area contributed by atoms with E-state index in [-0.39, 0.29) is 5.56 Å². The fourth-order valence-electron chi connectivity index (χ4n) is 1.83. The highest BCUT2D eigenvalue weighted by Gasteiger charge is 2.02. The maximum absolute atomic E-state index is 11.9. The van der Waals surface area contributed by atoms with Crippen LogP contribution in [-0.4, -0.2) is 27.4 Å². The minimum Gasteiger partial charge on any atom is -0.311 e. The summed E-state index contributed by atoms with van der Waals surface area (Å²) in [6.45, 7) is 3.80. The minimum atomic E-state index is -0.0279. The van der Waals surface area contributed by atoms with Gasteiger partial charge in [0.1, 0.15) is 5.65 Å². The fourth-order valence-corrected chi connectivity index (χ4v) is 2.19. The highest BCUT2D eigenvalue weighted by molar-refractivity contribution is 7.99. The van der Waals surface area contributed by atoms with Crippen LogP contribution in [0.4, 0.5) is 0 Å². The second kappa shape index (κ2) is 6.73. The average Bonchev–Trinajstić information content (AvgIpc) is 2.43. The molecule has 0 fully saturated rings. The van der Waals surface area contributed by atoms with Crippen LogP contribution in [0.25, 0.3) is 5.65 Å². The Kier molecular flexibility index (Phi) is 4.99. The van der Waals surface area contributed by atoms with Crippen molar-refractivity contribution in [2.24, 2.45) is 0 Å². The molecule has 0 radical (unpaired) electrons. The molecule has 1 N–H and O–H groups in total. The molecule has 5 heteroatoms. The van der Waals surface area contributed by atoms with Crippen molar-refractivity contribution < 1.29 is 0 Å². The number of hydrogen-bond acceptors (Lipinski definition) is 4. The molecular weight excluding hydrogens is 258 g/mol. The van der Waals surface area contributed by atoms with Gasteiger partial charge in [-0.25, -0.2) is 4.98 Å². The number of thioether (sulfide) groups is 1. The van der Waals surface area contributed by atoms with E-state index in [0.717, 1.165) is 18.7 Å². The van der Waals surface area contributed by atoms with Gasteiger partial charge in [0.2, 0.25) is 0 Å². The number of hydrogen-bond donors (Lipinski definition) is 1. The number of nitrogens with one attached hydrogen (secondary N) is 1. The van der Waals surface area contributed by atoms with Gasteiger partial charge < -0.3 is 5.32 Å². The zero-order chi connectivity index (χ0) is 13.7. The molecule has 1 unspecified atom stereocenters. The zero-order valence-electron chi connectivity index (χ0n) is 11.3. The van der Waals surface area contributed by atoms with Gasteiger partial charge in [-0.2, -0.15) is 11.8 Å². The van der Waals surface area contributed by atoms with Gasteiger partial charge in [0, 0.05) is 24.1 Å². The van der Waals surface area contributed by atoms with Gasteiger partial charge in [-0.1, -0.05) is 13.0 Å². The molecule has 0 spiro atoms. The maximum atomic E-state index is 11.9. The number of fused-ring (bicyclic) bond motifs is 1. The van der Waals surface area contributed by atoms with Gasteiger partial charge in [0.15, 0.2) is 0 Å². The summed E-state index contributed by atoms with van der Waals surface area (Å²) in [6.07, 6.45) is 4.98. The van der Waals surface area contributed by atoms with E-state index < -0.39 is 0 Å². The van der Waals surface area contributed by atoms with Crippen molar-refractivity contribution in [1.82, 2.24) is 14.7 Å². The van der Waals surface area contributed by atoms with Crippen molar-refractivity contribution in [2.45, 2.75) is 25.1 Å². The Bertz CT molecular complexity index is 597. The summed E-state index contributed by atoms with van der Waals surface area (Å²) >= 11 is 1.87. The van der Waals surface area contributed by atoms with Crippen LogP contribution in [0, 0.1) is 0 Å². The molecule has 1 atom stereocenters. The molecule has 0 aliphatic rings. The first-order chi connectivity index (χ1) is 9.20. The lowest BCUT2D eigenvalue weighted by Crippen LogP contribution is -2.21. The van der Waals surface area contributed by atoms with E-state index in [0.29, 0.717) is 17.4 Å². The number of pyridine rings is 1. The van der Waals surface area contributed by atoms with Crippen molar-refractivity contribution in [2.75, 3.05) is 12.8 Å². The molecule has 0 aliphatic carbocycles. The normalized spacial score (nSPS) is 12.7. The van der Waals surface area contributed by atoms with Gasteiger partial charge in [0.05, 0.1) is 5.69 Å². The summed E-state index contributed by atoms with van der Waals surface area (Å²) in [6, 6.07) is 7.16. The van der Waals surface area contributed by atoms with E-state index in [9.17, 15) is 4.79 Å². The monoisotopic (exact) mass is 277 g/mol. The van der Waals surface area contributed by atoms with E-state index in [2.05, 4.69) is 23.5 Å². The first-order valence-electron chi connectivity index (χ1n) is 6.41. The SMILES string of the molecule is CSC(C)CCNCc1cc(=O)n2ccccc2n1. The molecule has 0 aromatic carbocycles. The molecule has 4 nitrogen and oxygen atoms in total. The van der Waals surface area contributed by atoms with Crippen LogP contribution in [0.2, 0.25) is 0 Å². The fraction of sp³-hybridized carbons (Fsp3) is 0.429. The summed E-state index contributed by atoms with van der Waals surface area (Å²) in [5.74, 6) is 0. The van der Waals surface area contributed by atoms with Crippen LogP contribution in [-0.2, 0) is 6.54 Å². The third-order valence-electron chi connectivity index (χ3n) is 3.06. The quantitative estimate of drug-likeness (QED) is 0.820. The van der Waals surface area contributed by atoms with Crippen LogP contribution < -0.4 is 10.9 Å². The first kappa shape index (κ1) is 14.1. The predicted octanol–water partition coefficient (Wildman–Crippen LogP) is 1.93. The van der Waals surface area contributed by atoms with E-state index >= 15 is 0 Å². The van der Waals surface area contributed by atoms with Crippen LogP contribution in [0.1, 0.15) is 19.0 Å². The molecule has 0 bridgehead atoms. The lowest BCUT2D eigenvalue weighted by atomic mass is 10.3. The van der Waals surface area contributed by atoms with Crippen molar-refractivity contribution in [3.63, 3.8) is 0 Å². The molecule has 0 saturated carbocycles. The Morgan fingerprint density at radius 3 is 3.11 bits per heavy atom. The van der Waals surface area contributed by atoms with Crippen molar-refractivity contribution >= 4 is 17.4 Å². The van der Waals surface area contributed by atoms with Crippen LogP contribution in [0.15, 0.2) is 35.3 Å². The third-order valence-corrected chi connectivity index (χ3v) is 4.10. The summed E-state index contributed by atoms with van der Waals surface area (Å²) in [7, 11) is 0. The molecule has 0 saturated heterocycles. The number of rotatable bonds is 6. The Morgan fingerprint density at radius 2 is 2.32 bits per heavy atom.